The number of rotatable bonds is 5. The van der Waals surface area contributed by atoms with Crippen molar-refractivity contribution in [2.24, 2.45) is 0 Å². The van der Waals surface area contributed by atoms with Crippen LogP contribution < -0.4 is 5.32 Å². The molecule has 0 fully saturated rings. The highest BCUT2D eigenvalue weighted by atomic mass is 32.2. The number of thioether (sulfide) groups is 1. The first-order valence-electron chi connectivity index (χ1n) is 7.54. The second kappa shape index (κ2) is 7.49. The van der Waals surface area contributed by atoms with Crippen LogP contribution in [0.2, 0.25) is 0 Å². The lowest BCUT2D eigenvalue weighted by molar-refractivity contribution is -0.384. The van der Waals surface area contributed by atoms with Gasteiger partial charge in [-0.1, -0.05) is 23.8 Å². The number of nitrogens with one attached hydrogen (secondary N) is 1. The number of amides is 1. The van der Waals surface area contributed by atoms with Gasteiger partial charge in [0.05, 0.1) is 10.7 Å². The maximum atomic E-state index is 12.2. The van der Waals surface area contributed by atoms with Crippen molar-refractivity contribution in [3.8, 4) is 0 Å². The Kier molecular flexibility index (Phi) is 5.62. The lowest BCUT2D eigenvalue weighted by Gasteiger charge is -2.11. The first-order valence-corrected chi connectivity index (χ1v) is 8.52. The fourth-order valence-electron chi connectivity index (χ4n) is 2.39. The second-order valence-electron chi connectivity index (χ2n) is 5.76. The Morgan fingerprint density at radius 2 is 1.83 bits per heavy atom. The third-order valence-corrected chi connectivity index (χ3v) is 5.04. The molecule has 126 valence electrons. The number of carbonyl (C=O) groups is 1. The van der Waals surface area contributed by atoms with E-state index in [1.807, 2.05) is 32.9 Å². The Morgan fingerprint density at radius 3 is 2.46 bits per heavy atom. The van der Waals surface area contributed by atoms with Crippen LogP contribution in [-0.4, -0.2) is 16.6 Å². The predicted octanol–water partition coefficient (Wildman–Crippen LogP) is 4.56. The number of benzene rings is 2. The van der Waals surface area contributed by atoms with Gasteiger partial charge >= 0.3 is 0 Å². The summed E-state index contributed by atoms with van der Waals surface area (Å²) in [5.74, 6) is -0.0502. The van der Waals surface area contributed by atoms with Gasteiger partial charge in [-0.15, -0.1) is 11.8 Å². The zero-order valence-corrected chi connectivity index (χ0v) is 15.0. The standard InChI is InChI=1S/C18H20N2O3S/c1-11-5-8-16(13(3)9-11)24-10-17(21)19-18-14(4)12(2)6-7-15(18)20(22)23/h5-9H,10H2,1-4H3,(H,19,21). The summed E-state index contributed by atoms with van der Waals surface area (Å²) in [6.07, 6.45) is 0. The fraction of sp³-hybridized carbons (Fsp3) is 0.278. The highest BCUT2D eigenvalue weighted by Crippen LogP contribution is 2.31. The van der Waals surface area contributed by atoms with Crippen LogP contribution >= 0.6 is 11.8 Å². The minimum Gasteiger partial charge on any atom is -0.319 e. The van der Waals surface area contributed by atoms with Crippen molar-refractivity contribution in [3.05, 3.63) is 62.7 Å². The number of anilines is 1. The Labute approximate surface area is 145 Å². The molecule has 0 aliphatic rings. The number of nitro groups is 1. The first-order chi connectivity index (χ1) is 11.3. The van der Waals surface area contributed by atoms with Crippen molar-refractivity contribution in [3.63, 3.8) is 0 Å². The Bertz CT molecular complexity index is 803. The van der Waals surface area contributed by atoms with Gasteiger partial charge < -0.3 is 5.32 Å². The van der Waals surface area contributed by atoms with Gasteiger partial charge in [-0.05, 0) is 50.5 Å². The van der Waals surface area contributed by atoms with Gasteiger partial charge in [0.2, 0.25) is 5.91 Å². The molecule has 0 atom stereocenters. The SMILES string of the molecule is Cc1ccc(SCC(=O)Nc2c([N+](=O)[O-])ccc(C)c2C)c(C)c1. The molecule has 1 amide bonds. The van der Waals surface area contributed by atoms with Crippen molar-refractivity contribution in [1.82, 2.24) is 0 Å². The molecule has 0 radical (unpaired) electrons. The number of nitro benzene ring substituents is 1. The molecule has 0 unspecified atom stereocenters. The lowest BCUT2D eigenvalue weighted by atomic mass is 10.1. The van der Waals surface area contributed by atoms with E-state index < -0.39 is 4.92 Å². The van der Waals surface area contributed by atoms with Crippen LogP contribution in [-0.2, 0) is 4.79 Å². The van der Waals surface area contributed by atoms with Crippen LogP contribution in [0.5, 0.6) is 0 Å². The van der Waals surface area contributed by atoms with E-state index in [0.29, 0.717) is 5.56 Å². The molecule has 0 aromatic heterocycles. The van der Waals surface area contributed by atoms with Crippen LogP contribution in [0, 0.1) is 37.8 Å². The van der Waals surface area contributed by atoms with E-state index in [0.717, 1.165) is 16.0 Å². The minimum absolute atomic E-state index is 0.0806. The first kappa shape index (κ1) is 18.0. The van der Waals surface area contributed by atoms with Crippen LogP contribution in [0.1, 0.15) is 22.3 Å². The van der Waals surface area contributed by atoms with Crippen LogP contribution in [0.25, 0.3) is 0 Å². The summed E-state index contributed by atoms with van der Waals surface area (Å²) in [7, 11) is 0. The summed E-state index contributed by atoms with van der Waals surface area (Å²) in [6.45, 7) is 7.66. The van der Waals surface area contributed by atoms with Gasteiger partial charge in [0.25, 0.3) is 5.69 Å². The molecular weight excluding hydrogens is 324 g/mol. The van der Waals surface area contributed by atoms with E-state index in [1.165, 1.54) is 23.4 Å². The van der Waals surface area contributed by atoms with Crippen LogP contribution in [0.3, 0.4) is 0 Å². The number of hydrogen-bond acceptors (Lipinski definition) is 4. The minimum atomic E-state index is -0.473. The number of hydrogen-bond donors (Lipinski definition) is 1. The van der Waals surface area contributed by atoms with Gasteiger partial charge in [0.15, 0.2) is 0 Å². The normalized spacial score (nSPS) is 10.5. The van der Waals surface area contributed by atoms with Crippen molar-refractivity contribution in [1.29, 1.82) is 0 Å². The zero-order valence-electron chi connectivity index (χ0n) is 14.2. The van der Waals surface area contributed by atoms with Gasteiger partial charge in [-0.3, -0.25) is 14.9 Å². The van der Waals surface area contributed by atoms with Crippen molar-refractivity contribution < 1.29 is 9.72 Å². The van der Waals surface area contributed by atoms with E-state index in [1.54, 1.807) is 13.0 Å². The molecule has 0 saturated carbocycles. The van der Waals surface area contributed by atoms with Gasteiger partial charge in [-0.2, -0.15) is 0 Å². The smallest absolute Gasteiger partial charge is 0.293 e. The third kappa shape index (κ3) is 4.14. The number of aryl methyl sites for hydroxylation is 3. The summed E-state index contributed by atoms with van der Waals surface area (Å²) in [6, 6.07) is 9.17. The highest BCUT2D eigenvalue weighted by Gasteiger charge is 2.19. The molecule has 1 N–H and O–H groups in total. The van der Waals surface area contributed by atoms with E-state index in [4.69, 9.17) is 0 Å². The topological polar surface area (TPSA) is 72.2 Å². The fourth-order valence-corrected chi connectivity index (χ4v) is 3.20. The monoisotopic (exact) mass is 344 g/mol. The summed E-state index contributed by atoms with van der Waals surface area (Å²) in [5.41, 5.74) is 4.11. The highest BCUT2D eigenvalue weighted by molar-refractivity contribution is 8.00. The molecular formula is C18H20N2O3S. The van der Waals surface area contributed by atoms with Gasteiger partial charge in [0, 0.05) is 11.0 Å². The van der Waals surface area contributed by atoms with Crippen molar-refractivity contribution in [2.75, 3.05) is 11.1 Å². The molecule has 0 saturated heterocycles. The largest absolute Gasteiger partial charge is 0.319 e. The lowest BCUT2D eigenvalue weighted by Crippen LogP contribution is -2.16. The average molecular weight is 344 g/mol. The third-order valence-electron chi connectivity index (χ3n) is 3.86. The summed E-state index contributed by atoms with van der Waals surface area (Å²) in [5, 5.41) is 13.9. The van der Waals surface area contributed by atoms with E-state index in [2.05, 4.69) is 11.4 Å². The Hall–Kier alpha value is -2.34. The molecule has 5 nitrogen and oxygen atoms in total. The molecule has 0 bridgehead atoms. The number of carbonyl (C=O) groups excluding carboxylic acids is 1. The van der Waals surface area contributed by atoms with Crippen molar-refractivity contribution in [2.45, 2.75) is 32.6 Å². The molecule has 2 aromatic rings. The molecule has 0 aliphatic heterocycles. The molecule has 0 heterocycles. The van der Waals surface area contributed by atoms with Gasteiger partial charge in [-0.25, -0.2) is 0 Å². The average Bonchev–Trinajstić information content (AvgIpc) is 2.50. The maximum Gasteiger partial charge on any atom is 0.293 e. The molecule has 2 rings (SSSR count). The van der Waals surface area contributed by atoms with E-state index in [-0.39, 0.29) is 23.0 Å². The predicted molar refractivity (Wildman–Crippen MR) is 97.8 cm³/mol. The van der Waals surface area contributed by atoms with Crippen molar-refractivity contribution >= 4 is 29.0 Å². The van der Waals surface area contributed by atoms with Crippen LogP contribution in [0.15, 0.2) is 35.2 Å². The second-order valence-corrected chi connectivity index (χ2v) is 6.78. The molecule has 0 spiro atoms. The maximum absolute atomic E-state index is 12.2. The summed E-state index contributed by atoms with van der Waals surface area (Å²) >= 11 is 1.43. The quantitative estimate of drug-likeness (QED) is 0.490. The van der Waals surface area contributed by atoms with Gasteiger partial charge in [0.1, 0.15) is 5.69 Å². The summed E-state index contributed by atoms with van der Waals surface area (Å²) < 4.78 is 0. The molecule has 6 heteroatoms. The molecule has 0 aliphatic carbocycles. The number of nitrogens with zero attached hydrogens (tertiary/aromatic N) is 1. The molecule has 24 heavy (non-hydrogen) atoms. The van der Waals surface area contributed by atoms with E-state index in [9.17, 15) is 14.9 Å². The van der Waals surface area contributed by atoms with E-state index >= 15 is 0 Å². The molecule has 2 aromatic carbocycles. The van der Waals surface area contributed by atoms with Crippen LogP contribution in [0.4, 0.5) is 11.4 Å². The zero-order chi connectivity index (χ0) is 17.9. The summed E-state index contributed by atoms with van der Waals surface area (Å²) in [4.78, 5) is 24.0. The Balaban J connectivity index is 2.13. The Morgan fingerprint density at radius 1 is 1.12 bits per heavy atom.